The van der Waals surface area contributed by atoms with Crippen LogP contribution in [0, 0.1) is 0 Å². The van der Waals surface area contributed by atoms with E-state index in [2.05, 4.69) is 11.6 Å². The van der Waals surface area contributed by atoms with E-state index >= 15 is 0 Å². The van der Waals surface area contributed by atoms with Gasteiger partial charge in [-0.2, -0.15) is 0 Å². The van der Waals surface area contributed by atoms with Crippen molar-refractivity contribution in [1.82, 2.24) is 0 Å². The van der Waals surface area contributed by atoms with Gasteiger partial charge in [-0.1, -0.05) is 31.8 Å². The molecule has 0 N–H and O–H groups in total. The van der Waals surface area contributed by atoms with E-state index < -0.39 is 0 Å². The molecule has 0 fully saturated rings. The lowest BCUT2D eigenvalue weighted by Gasteiger charge is -1.98. The van der Waals surface area contributed by atoms with Gasteiger partial charge in [0.05, 0.1) is 0 Å². The van der Waals surface area contributed by atoms with Crippen LogP contribution in [-0.4, -0.2) is 12.0 Å². The first-order valence-electron chi connectivity index (χ1n) is 5.53. The smallest absolute Gasteiger partial charge is 0.256 e. The number of hydrogen-bond donors (Lipinski definition) is 0. The van der Waals surface area contributed by atoms with Gasteiger partial charge in [-0.15, -0.1) is 11.6 Å². The number of rotatable bonds is 9. The molecule has 0 atom stereocenters. The predicted octanol–water partition coefficient (Wildman–Crippen LogP) is 3.16. The maximum Gasteiger partial charge on any atom is 0.256 e. The predicted molar refractivity (Wildman–Crippen MR) is 60.3 cm³/mol. The van der Waals surface area contributed by atoms with Crippen LogP contribution in [0.2, 0.25) is 0 Å². The van der Waals surface area contributed by atoms with Gasteiger partial charge in [0.2, 0.25) is 6.08 Å². The number of isocyanates is 1. The summed E-state index contributed by atoms with van der Waals surface area (Å²) in [6.07, 6.45) is 11.3. The van der Waals surface area contributed by atoms with Gasteiger partial charge in [0.1, 0.15) is 0 Å². The fourth-order valence-electron chi connectivity index (χ4n) is 1.38. The zero-order valence-corrected chi connectivity index (χ0v) is 9.21. The number of allylic oxidation sites excluding steroid dienone is 1. The molecule has 3 nitrogen and oxygen atoms in total. The topological polar surface area (TPSA) is 46.5 Å². The maximum atomic E-state index is 10.8. The summed E-state index contributed by atoms with van der Waals surface area (Å²) in [6, 6.07) is 0. The number of unbranched alkanes of at least 4 members (excludes halogenated alkanes) is 6. The van der Waals surface area contributed by atoms with Crippen LogP contribution in [-0.2, 0) is 9.59 Å². The molecule has 0 saturated heterocycles. The molecule has 0 aliphatic rings. The Morgan fingerprint density at radius 2 is 1.73 bits per heavy atom. The fourth-order valence-corrected chi connectivity index (χ4v) is 1.38. The van der Waals surface area contributed by atoms with Gasteiger partial charge in [-0.05, 0) is 19.3 Å². The molecule has 15 heavy (non-hydrogen) atoms. The van der Waals surface area contributed by atoms with Crippen molar-refractivity contribution in [3.8, 4) is 0 Å². The highest BCUT2D eigenvalue weighted by Gasteiger charge is 1.97. The molecule has 1 amide bonds. The largest absolute Gasteiger partial charge is 0.272 e. The van der Waals surface area contributed by atoms with E-state index in [0.29, 0.717) is 6.42 Å². The molecule has 0 unspecified atom stereocenters. The molecular formula is C12H19NO2. The minimum Gasteiger partial charge on any atom is -0.272 e. The highest BCUT2D eigenvalue weighted by molar-refractivity contribution is 5.81. The van der Waals surface area contributed by atoms with Gasteiger partial charge < -0.3 is 0 Å². The number of carbonyl (C=O) groups excluding carboxylic acids is 2. The summed E-state index contributed by atoms with van der Waals surface area (Å²) >= 11 is 0. The molecule has 84 valence electrons. The Bertz CT molecular complexity index is 230. The minimum absolute atomic E-state index is 0.350. The van der Waals surface area contributed by atoms with Gasteiger partial charge in [0, 0.05) is 6.42 Å². The van der Waals surface area contributed by atoms with Crippen LogP contribution in [0.5, 0.6) is 0 Å². The molecular weight excluding hydrogens is 190 g/mol. The van der Waals surface area contributed by atoms with Gasteiger partial charge in [0.25, 0.3) is 5.91 Å². The number of aliphatic imine (C=N–C) groups is 1. The fraction of sp³-hybridized carbons (Fsp3) is 0.667. The molecule has 0 spiro atoms. The minimum atomic E-state index is -0.350. The molecule has 0 aliphatic heterocycles. The second-order valence-electron chi connectivity index (χ2n) is 3.55. The zero-order chi connectivity index (χ0) is 11.4. The normalized spacial score (nSPS) is 9.33. The summed E-state index contributed by atoms with van der Waals surface area (Å²) in [4.78, 5) is 23.5. The van der Waals surface area contributed by atoms with Crippen molar-refractivity contribution in [1.29, 1.82) is 0 Å². The molecule has 0 aromatic heterocycles. The molecule has 0 aromatic carbocycles. The summed E-state index contributed by atoms with van der Waals surface area (Å²) in [5.74, 6) is -0.350. The van der Waals surface area contributed by atoms with E-state index in [9.17, 15) is 9.59 Å². The third kappa shape index (κ3) is 10.7. The van der Waals surface area contributed by atoms with Crippen LogP contribution >= 0.6 is 0 Å². The van der Waals surface area contributed by atoms with Crippen molar-refractivity contribution >= 4 is 12.0 Å². The molecule has 0 heterocycles. The molecule has 0 aromatic rings. The zero-order valence-electron chi connectivity index (χ0n) is 9.21. The van der Waals surface area contributed by atoms with E-state index in [1.165, 1.54) is 25.3 Å². The van der Waals surface area contributed by atoms with Crippen LogP contribution in [0.15, 0.2) is 17.6 Å². The number of nitrogens with zero attached hydrogens (tertiary/aromatic N) is 1. The summed E-state index contributed by atoms with van der Waals surface area (Å²) in [7, 11) is 0. The van der Waals surface area contributed by atoms with Crippen LogP contribution < -0.4 is 0 Å². The highest BCUT2D eigenvalue weighted by Crippen LogP contribution is 2.08. The summed E-state index contributed by atoms with van der Waals surface area (Å²) in [5.41, 5.74) is 0. The van der Waals surface area contributed by atoms with E-state index in [0.717, 1.165) is 25.7 Å². The van der Waals surface area contributed by atoms with Crippen molar-refractivity contribution in [2.75, 3.05) is 0 Å². The SMILES string of the molecule is C=CCCCCCCCCC(=O)N=C=O. The number of amides is 1. The maximum absolute atomic E-state index is 10.8. The van der Waals surface area contributed by atoms with Crippen molar-refractivity contribution in [2.45, 2.75) is 51.4 Å². The average molecular weight is 209 g/mol. The van der Waals surface area contributed by atoms with Crippen molar-refractivity contribution in [3.63, 3.8) is 0 Å². The van der Waals surface area contributed by atoms with E-state index in [1.807, 2.05) is 6.08 Å². The second-order valence-corrected chi connectivity index (χ2v) is 3.55. The average Bonchev–Trinajstić information content (AvgIpc) is 2.22. The van der Waals surface area contributed by atoms with Gasteiger partial charge in [-0.25, -0.2) is 4.79 Å². The molecule has 0 saturated carbocycles. The van der Waals surface area contributed by atoms with E-state index in [1.54, 1.807) is 0 Å². The number of hydrogen-bond acceptors (Lipinski definition) is 2. The summed E-state index contributed by atoms with van der Waals surface area (Å²) < 4.78 is 0. The molecule has 0 bridgehead atoms. The Hall–Kier alpha value is -1.21. The first-order chi connectivity index (χ1) is 7.31. The van der Waals surface area contributed by atoms with Gasteiger partial charge in [0.15, 0.2) is 0 Å². The summed E-state index contributed by atoms with van der Waals surface area (Å²) in [5, 5.41) is 0. The van der Waals surface area contributed by atoms with Crippen LogP contribution in [0.4, 0.5) is 0 Å². The molecule has 3 heteroatoms. The lowest BCUT2D eigenvalue weighted by Crippen LogP contribution is -1.92. The van der Waals surface area contributed by atoms with Crippen molar-refractivity contribution < 1.29 is 9.59 Å². The Morgan fingerprint density at radius 3 is 2.33 bits per heavy atom. The lowest BCUT2D eigenvalue weighted by molar-refractivity contribution is -0.117. The molecule has 0 radical (unpaired) electrons. The highest BCUT2D eigenvalue weighted by atomic mass is 16.2. The Morgan fingerprint density at radius 1 is 1.13 bits per heavy atom. The first kappa shape index (κ1) is 13.8. The van der Waals surface area contributed by atoms with Crippen molar-refractivity contribution in [3.05, 3.63) is 12.7 Å². The van der Waals surface area contributed by atoms with Crippen molar-refractivity contribution in [2.24, 2.45) is 4.99 Å². The van der Waals surface area contributed by atoms with Crippen LogP contribution in [0.1, 0.15) is 51.4 Å². The third-order valence-electron chi connectivity index (χ3n) is 2.22. The van der Waals surface area contributed by atoms with E-state index in [-0.39, 0.29) is 5.91 Å². The monoisotopic (exact) mass is 209 g/mol. The first-order valence-corrected chi connectivity index (χ1v) is 5.53. The molecule has 0 aliphatic carbocycles. The summed E-state index contributed by atoms with van der Waals surface area (Å²) in [6.45, 7) is 3.67. The second kappa shape index (κ2) is 10.9. The Balaban J connectivity index is 3.14. The van der Waals surface area contributed by atoms with Crippen LogP contribution in [0.25, 0.3) is 0 Å². The van der Waals surface area contributed by atoms with Gasteiger partial charge in [-0.3, -0.25) is 4.79 Å². The molecule has 0 rings (SSSR count). The Labute approximate surface area is 91.3 Å². The Kier molecular flexibility index (Phi) is 9.99. The quantitative estimate of drug-likeness (QED) is 0.253. The third-order valence-corrected chi connectivity index (χ3v) is 2.22. The number of carbonyl (C=O) groups is 1. The standard InChI is InChI=1S/C12H19NO2/c1-2-3-4-5-6-7-8-9-10-12(15)13-11-14/h2H,1,3-10H2. The van der Waals surface area contributed by atoms with Gasteiger partial charge >= 0.3 is 0 Å². The van der Waals surface area contributed by atoms with E-state index in [4.69, 9.17) is 0 Å². The lowest BCUT2D eigenvalue weighted by atomic mass is 10.1. The van der Waals surface area contributed by atoms with Crippen LogP contribution in [0.3, 0.4) is 0 Å².